The summed E-state index contributed by atoms with van der Waals surface area (Å²) in [5.41, 5.74) is 0. The summed E-state index contributed by atoms with van der Waals surface area (Å²) in [4.78, 5) is 11.2. The smallest absolute Gasteiger partial charge is 0.296 e. The molecule has 0 atom stereocenters. The second-order valence-corrected chi connectivity index (χ2v) is 8.12. The van der Waals surface area contributed by atoms with Crippen LogP contribution in [0.15, 0.2) is 0 Å². The summed E-state index contributed by atoms with van der Waals surface area (Å²) in [7, 11) is -1.71. The minimum absolute atomic E-state index is 0.129. The average Bonchev–Trinajstić information content (AvgIpc) is 2.00. The molecule has 0 aromatic heterocycles. The average molecular weight is 201 g/mol. The molecule has 0 aliphatic rings. The van der Waals surface area contributed by atoms with E-state index in [9.17, 15) is 4.79 Å². The van der Waals surface area contributed by atoms with Gasteiger partial charge < -0.3 is 4.43 Å². The van der Waals surface area contributed by atoms with Gasteiger partial charge in [-0.1, -0.05) is 26.7 Å². The number of hydrogen-bond acceptors (Lipinski definition) is 2. The Morgan fingerprint density at radius 3 is 2.46 bits per heavy atom. The molecule has 0 amide bonds. The third kappa shape index (κ3) is 6.81. The Kier molecular flexibility index (Phi) is 6.04. The van der Waals surface area contributed by atoms with E-state index >= 15 is 0 Å². The van der Waals surface area contributed by atoms with Crippen molar-refractivity contribution in [2.75, 3.05) is 0 Å². The molecule has 0 aliphatic carbocycles. The Bertz CT molecular complexity index is 155. The lowest BCUT2D eigenvalue weighted by Gasteiger charge is -2.22. The van der Waals surface area contributed by atoms with E-state index in [0.717, 1.165) is 12.5 Å². The molecule has 0 saturated heterocycles. The second-order valence-electron chi connectivity index (χ2n) is 3.90. The SMILES string of the molecule is CC[CH]C(=O)O[Si](C)(C)CCCC. The Labute approximate surface area is 82.8 Å². The van der Waals surface area contributed by atoms with Gasteiger partial charge in [-0.3, -0.25) is 4.79 Å². The first-order chi connectivity index (χ1) is 6.02. The van der Waals surface area contributed by atoms with Crippen LogP contribution in [0, 0.1) is 6.42 Å². The van der Waals surface area contributed by atoms with E-state index in [1.165, 1.54) is 12.8 Å². The molecule has 0 spiro atoms. The fraction of sp³-hybridized carbons (Fsp3) is 0.800. The summed E-state index contributed by atoms with van der Waals surface area (Å²) in [5.74, 6) is -0.129. The number of hydrogen-bond donors (Lipinski definition) is 0. The molecule has 0 heterocycles. The van der Waals surface area contributed by atoms with Gasteiger partial charge in [-0.05, 0) is 25.6 Å². The van der Waals surface area contributed by atoms with E-state index in [1.54, 1.807) is 6.42 Å². The molecule has 0 saturated carbocycles. The highest BCUT2D eigenvalue weighted by Crippen LogP contribution is 2.15. The highest BCUT2D eigenvalue weighted by atomic mass is 28.4. The molecule has 2 nitrogen and oxygen atoms in total. The van der Waals surface area contributed by atoms with Gasteiger partial charge in [-0.15, -0.1) is 0 Å². The van der Waals surface area contributed by atoms with Crippen LogP contribution in [0.2, 0.25) is 19.1 Å². The lowest BCUT2D eigenvalue weighted by Crippen LogP contribution is -2.33. The summed E-state index contributed by atoms with van der Waals surface area (Å²) in [6.45, 7) is 8.31. The summed E-state index contributed by atoms with van der Waals surface area (Å²) in [6, 6.07) is 1.08. The maximum atomic E-state index is 11.2. The molecule has 0 rings (SSSR count). The minimum Gasteiger partial charge on any atom is -0.519 e. The van der Waals surface area contributed by atoms with Crippen molar-refractivity contribution in [3.05, 3.63) is 6.42 Å². The lowest BCUT2D eigenvalue weighted by atomic mass is 10.4. The van der Waals surface area contributed by atoms with Gasteiger partial charge in [0.1, 0.15) is 0 Å². The van der Waals surface area contributed by atoms with Crippen molar-refractivity contribution in [3.8, 4) is 0 Å². The van der Waals surface area contributed by atoms with Crippen molar-refractivity contribution in [1.82, 2.24) is 0 Å². The van der Waals surface area contributed by atoms with Crippen LogP contribution >= 0.6 is 0 Å². The minimum atomic E-state index is -1.71. The van der Waals surface area contributed by atoms with Gasteiger partial charge in [-0.2, -0.15) is 0 Å². The van der Waals surface area contributed by atoms with Crippen LogP contribution in [0.4, 0.5) is 0 Å². The molecule has 0 aromatic rings. The van der Waals surface area contributed by atoms with Crippen LogP contribution < -0.4 is 0 Å². The summed E-state index contributed by atoms with van der Waals surface area (Å²) >= 11 is 0. The second kappa shape index (κ2) is 6.19. The third-order valence-electron chi connectivity index (χ3n) is 1.88. The zero-order valence-corrected chi connectivity index (χ0v) is 10.2. The van der Waals surface area contributed by atoms with Gasteiger partial charge in [0.05, 0.1) is 6.42 Å². The van der Waals surface area contributed by atoms with E-state index in [2.05, 4.69) is 20.0 Å². The Morgan fingerprint density at radius 2 is 2.00 bits per heavy atom. The van der Waals surface area contributed by atoms with E-state index in [-0.39, 0.29) is 5.97 Å². The van der Waals surface area contributed by atoms with Gasteiger partial charge >= 0.3 is 0 Å². The summed E-state index contributed by atoms with van der Waals surface area (Å²) in [6.07, 6.45) is 4.71. The van der Waals surface area contributed by atoms with Crippen molar-refractivity contribution < 1.29 is 9.22 Å². The molecule has 0 fully saturated rings. The van der Waals surface area contributed by atoms with Gasteiger partial charge in [0.15, 0.2) is 0 Å². The van der Waals surface area contributed by atoms with Crippen LogP contribution in [-0.4, -0.2) is 14.3 Å². The van der Waals surface area contributed by atoms with Gasteiger partial charge in [0, 0.05) is 0 Å². The predicted octanol–water partition coefficient (Wildman–Crippen LogP) is 3.15. The van der Waals surface area contributed by atoms with Gasteiger partial charge in [-0.25, -0.2) is 0 Å². The van der Waals surface area contributed by atoms with Crippen LogP contribution in [0.25, 0.3) is 0 Å². The van der Waals surface area contributed by atoms with Crippen molar-refractivity contribution in [1.29, 1.82) is 0 Å². The van der Waals surface area contributed by atoms with E-state index in [4.69, 9.17) is 4.43 Å². The highest BCUT2D eigenvalue weighted by molar-refractivity contribution is 6.72. The maximum Gasteiger partial charge on any atom is 0.296 e. The highest BCUT2D eigenvalue weighted by Gasteiger charge is 2.25. The number of carbonyl (C=O) groups is 1. The van der Waals surface area contributed by atoms with Crippen LogP contribution in [0.3, 0.4) is 0 Å². The zero-order chi connectivity index (χ0) is 10.3. The first kappa shape index (κ1) is 12.7. The largest absolute Gasteiger partial charge is 0.519 e. The third-order valence-corrected chi connectivity index (χ3v) is 4.19. The van der Waals surface area contributed by atoms with E-state index in [0.29, 0.717) is 0 Å². The molecular weight excluding hydrogens is 180 g/mol. The normalized spacial score (nSPS) is 11.4. The molecule has 0 unspecified atom stereocenters. The Balaban J connectivity index is 3.79. The molecule has 0 aliphatic heterocycles. The quantitative estimate of drug-likeness (QED) is 0.617. The lowest BCUT2D eigenvalue weighted by molar-refractivity contribution is -0.131. The molecule has 0 bridgehead atoms. The van der Waals surface area contributed by atoms with Gasteiger partial charge in [0.25, 0.3) is 5.97 Å². The zero-order valence-electron chi connectivity index (χ0n) is 9.22. The summed E-state index contributed by atoms with van der Waals surface area (Å²) < 4.78 is 5.42. The van der Waals surface area contributed by atoms with E-state index in [1.807, 2.05) is 6.92 Å². The standard InChI is InChI=1S/C10H21O2Si/c1-5-7-9-13(3,4)12-10(11)8-6-2/h8H,5-7,9H2,1-4H3. The molecule has 0 aromatic carbocycles. The molecule has 3 heteroatoms. The Morgan fingerprint density at radius 1 is 1.38 bits per heavy atom. The first-order valence-corrected chi connectivity index (χ1v) is 8.19. The van der Waals surface area contributed by atoms with Crippen LogP contribution in [-0.2, 0) is 9.22 Å². The van der Waals surface area contributed by atoms with Crippen LogP contribution in [0.5, 0.6) is 0 Å². The fourth-order valence-electron chi connectivity index (χ4n) is 1.13. The van der Waals surface area contributed by atoms with Crippen molar-refractivity contribution in [3.63, 3.8) is 0 Å². The van der Waals surface area contributed by atoms with E-state index < -0.39 is 8.32 Å². The number of unbranched alkanes of at least 4 members (excludes halogenated alkanes) is 1. The molecule has 0 N–H and O–H groups in total. The monoisotopic (exact) mass is 201 g/mol. The topological polar surface area (TPSA) is 26.3 Å². The molecular formula is C10H21O2Si. The van der Waals surface area contributed by atoms with Gasteiger partial charge in [0.2, 0.25) is 8.32 Å². The Hall–Kier alpha value is -0.313. The maximum absolute atomic E-state index is 11.2. The van der Waals surface area contributed by atoms with Crippen molar-refractivity contribution in [2.45, 2.75) is 52.2 Å². The first-order valence-electron chi connectivity index (χ1n) is 5.08. The van der Waals surface area contributed by atoms with Crippen LogP contribution in [0.1, 0.15) is 33.1 Å². The van der Waals surface area contributed by atoms with Crippen molar-refractivity contribution >= 4 is 14.3 Å². The molecule has 77 valence electrons. The fourth-order valence-corrected chi connectivity index (χ4v) is 3.07. The molecule has 13 heavy (non-hydrogen) atoms. The number of carbonyl (C=O) groups excluding carboxylic acids is 1. The summed E-state index contributed by atoms with van der Waals surface area (Å²) in [5, 5.41) is 0. The predicted molar refractivity (Wildman–Crippen MR) is 57.9 cm³/mol. The molecule has 1 radical (unpaired) electrons. The number of rotatable bonds is 6. The van der Waals surface area contributed by atoms with Crippen molar-refractivity contribution in [2.24, 2.45) is 0 Å².